The molecule has 0 saturated carbocycles. The molecule has 0 bridgehead atoms. The lowest BCUT2D eigenvalue weighted by Gasteiger charge is -1.99. The molecule has 12 heavy (non-hydrogen) atoms. The normalized spacial score (nSPS) is 5.50. The van der Waals surface area contributed by atoms with Crippen molar-refractivity contribution in [2.45, 2.75) is 35.7 Å². The molecule has 0 aliphatic rings. The van der Waals surface area contributed by atoms with Crippen molar-refractivity contribution in [3.63, 3.8) is 0 Å². The highest BCUT2D eigenvalue weighted by molar-refractivity contribution is 4.59. The largest absolute Gasteiger partial charge is 0.333 e. The fourth-order valence-electron chi connectivity index (χ4n) is 0.0962. The molecule has 0 aliphatic carbocycles. The summed E-state index contributed by atoms with van der Waals surface area (Å²) in [5, 5.41) is 0. The first kappa shape index (κ1) is 40.8. The van der Waals surface area contributed by atoms with E-state index in [0.29, 0.717) is 13.1 Å². The van der Waals surface area contributed by atoms with Crippen LogP contribution < -0.4 is 22.9 Å². The van der Waals surface area contributed by atoms with E-state index in [1.807, 2.05) is 0 Å². The van der Waals surface area contributed by atoms with Gasteiger partial charge >= 0.3 is 0 Å². The Morgan fingerprint density at radius 3 is 1.00 bits per heavy atom. The lowest BCUT2D eigenvalue weighted by atomic mass is 10.3. The molecule has 0 aromatic carbocycles. The van der Waals surface area contributed by atoms with Crippen molar-refractivity contribution in [3.05, 3.63) is 0 Å². The molecular formula is C8H32N4. The number of hydrogen-bond acceptors (Lipinski definition) is 4. The van der Waals surface area contributed by atoms with Crippen LogP contribution in [0.4, 0.5) is 0 Å². The van der Waals surface area contributed by atoms with Crippen LogP contribution in [-0.4, -0.2) is 26.2 Å². The molecule has 8 N–H and O–H groups in total. The molecule has 0 unspecified atom stereocenters. The summed E-state index contributed by atoms with van der Waals surface area (Å²) in [5.74, 6) is 0. The van der Waals surface area contributed by atoms with Gasteiger partial charge in [-0.05, 0) is 7.05 Å². The van der Waals surface area contributed by atoms with E-state index in [2.05, 4.69) is 5.73 Å². The molecule has 0 atom stereocenters. The second-order valence-electron chi connectivity index (χ2n) is 1.23. The Balaban J connectivity index is -0.0000000140. The van der Waals surface area contributed by atoms with Crippen molar-refractivity contribution in [1.29, 1.82) is 0 Å². The summed E-state index contributed by atoms with van der Waals surface area (Å²) in [7, 11) is 1.50. The minimum absolute atomic E-state index is 0. The summed E-state index contributed by atoms with van der Waals surface area (Å²) in [4.78, 5) is 0. The second kappa shape index (κ2) is 44.8. The Bertz CT molecular complexity index is 30.2. The molecule has 0 aromatic heterocycles. The molecule has 0 heterocycles. The molecule has 0 radical (unpaired) electrons. The van der Waals surface area contributed by atoms with Gasteiger partial charge < -0.3 is 22.9 Å². The lowest BCUT2D eigenvalue weighted by Crippen LogP contribution is -2.36. The fourth-order valence-corrected chi connectivity index (χ4v) is 0.0962. The van der Waals surface area contributed by atoms with Gasteiger partial charge in [-0.15, -0.1) is 0 Å². The van der Waals surface area contributed by atoms with Crippen molar-refractivity contribution in [1.82, 2.24) is 0 Å². The Morgan fingerprint density at radius 2 is 1.00 bits per heavy atom. The van der Waals surface area contributed by atoms with E-state index in [-0.39, 0.29) is 35.7 Å². The molecule has 0 saturated heterocycles. The summed E-state index contributed by atoms with van der Waals surface area (Å²) in [6.45, 7) is 0.965. The third-order valence-corrected chi connectivity index (χ3v) is 0.605. The van der Waals surface area contributed by atoms with Gasteiger partial charge in [0.05, 0.1) is 0 Å². The minimum atomic E-state index is -0.00926. The van der Waals surface area contributed by atoms with Crippen molar-refractivity contribution < 1.29 is 0 Å². The molecule has 0 fully saturated rings. The van der Waals surface area contributed by atoms with Gasteiger partial charge in [-0.3, -0.25) is 0 Å². The van der Waals surface area contributed by atoms with Crippen molar-refractivity contribution in [2.24, 2.45) is 22.9 Å². The van der Waals surface area contributed by atoms with E-state index in [1.165, 1.54) is 7.05 Å². The van der Waals surface area contributed by atoms with E-state index in [9.17, 15) is 0 Å². The third kappa shape index (κ3) is 52.1. The zero-order chi connectivity index (χ0) is 6.99. The van der Waals surface area contributed by atoms with Gasteiger partial charge in [-0.1, -0.05) is 29.7 Å². The van der Waals surface area contributed by atoms with E-state index in [4.69, 9.17) is 17.2 Å². The average Bonchev–Trinajstić information content (AvgIpc) is 1.91. The highest BCUT2D eigenvalue weighted by Gasteiger charge is 1.89. The first-order chi connectivity index (χ1) is 3.81. The van der Waals surface area contributed by atoms with Crippen LogP contribution in [0, 0.1) is 0 Å². The predicted molar refractivity (Wildman–Crippen MR) is 63.1 cm³/mol. The highest BCUT2D eigenvalue weighted by Crippen LogP contribution is 1.59. The van der Waals surface area contributed by atoms with Gasteiger partial charge in [-0.25, -0.2) is 0 Å². The van der Waals surface area contributed by atoms with Gasteiger partial charge in [-0.2, -0.15) is 0 Å². The summed E-state index contributed by atoms with van der Waals surface area (Å²) in [5.41, 5.74) is 19.9. The van der Waals surface area contributed by atoms with Crippen LogP contribution in [0.2, 0.25) is 0 Å². The van der Waals surface area contributed by atoms with Crippen LogP contribution in [0.1, 0.15) is 29.7 Å². The van der Waals surface area contributed by atoms with Crippen molar-refractivity contribution in [3.8, 4) is 0 Å². The second-order valence-corrected chi connectivity index (χ2v) is 1.23. The Labute approximate surface area is 79.7 Å². The molecule has 0 spiro atoms. The summed E-state index contributed by atoms with van der Waals surface area (Å²) in [6.07, 6.45) is 0. The van der Waals surface area contributed by atoms with Crippen LogP contribution in [0.3, 0.4) is 0 Å². The van der Waals surface area contributed by atoms with Crippen LogP contribution >= 0.6 is 0 Å². The zero-order valence-corrected chi connectivity index (χ0v) is 5.30. The monoisotopic (exact) mass is 184 g/mol. The van der Waals surface area contributed by atoms with Crippen molar-refractivity contribution >= 4 is 0 Å². The fraction of sp³-hybridized carbons (Fsp3) is 1.00. The quantitative estimate of drug-likeness (QED) is 0.497. The van der Waals surface area contributed by atoms with E-state index < -0.39 is 0 Å². The molecule has 4 nitrogen and oxygen atoms in total. The number of hydrogen-bond donors (Lipinski definition) is 4. The maximum Gasteiger partial charge on any atom is 0.0287 e. The first-order valence-corrected chi connectivity index (χ1v) is 2.54. The topological polar surface area (TPSA) is 104 Å². The summed E-state index contributed by atoms with van der Waals surface area (Å²) >= 11 is 0. The van der Waals surface area contributed by atoms with E-state index >= 15 is 0 Å². The molecule has 0 aromatic rings. The average molecular weight is 184 g/mol. The van der Waals surface area contributed by atoms with Crippen LogP contribution in [0.15, 0.2) is 0 Å². The Kier molecular flexibility index (Phi) is 152. The molecule has 0 amide bonds. The molecule has 4 heteroatoms. The molecule has 0 aliphatic heterocycles. The summed E-state index contributed by atoms with van der Waals surface area (Å²) in [6, 6.07) is -0.00926. The minimum Gasteiger partial charge on any atom is -0.333 e. The SMILES string of the molecule is C.C.C.C.CN.NCC(N)CN. The molecular weight excluding hydrogens is 152 g/mol. The predicted octanol–water partition coefficient (Wildman–Crippen LogP) is 0.350. The van der Waals surface area contributed by atoms with Gasteiger partial charge in [0.2, 0.25) is 0 Å². The number of nitrogens with two attached hydrogens (primary N) is 4. The van der Waals surface area contributed by atoms with Crippen LogP contribution in [0.25, 0.3) is 0 Å². The molecule has 84 valence electrons. The van der Waals surface area contributed by atoms with Gasteiger partial charge in [0.1, 0.15) is 0 Å². The highest BCUT2D eigenvalue weighted by atomic mass is 14.8. The Hall–Kier alpha value is -0.160. The lowest BCUT2D eigenvalue weighted by molar-refractivity contribution is 0.692. The standard InChI is InChI=1S/C3H11N3.CH5N.4CH4/c4-1-3(6)2-5;1-2;;;;/h3H,1-2,4-6H2;2H2,1H3;4*1H4. The van der Waals surface area contributed by atoms with Crippen LogP contribution in [-0.2, 0) is 0 Å². The van der Waals surface area contributed by atoms with E-state index in [0.717, 1.165) is 0 Å². The smallest absolute Gasteiger partial charge is 0.0287 e. The molecule has 0 rings (SSSR count). The third-order valence-electron chi connectivity index (χ3n) is 0.605. The van der Waals surface area contributed by atoms with Gasteiger partial charge in [0.25, 0.3) is 0 Å². The zero-order valence-electron chi connectivity index (χ0n) is 5.30. The van der Waals surface area contributed by atoms with Gasteiger partial charge in [0, 0.05) is 19.1 Å². The summed E-state index contributed by atoms with van der Waals surface area (Å²) < 4.78 is 0. The van der Waals surface area contributed by atoms with Gasteiger partial charge in [0.15, 0.2) is 0 Å². The maximum absolute atomic E-state index is 5.22. The van der Waals surface area contributed by atoms with Crippen molar-refractivity contribution in [2.75, 3.05) is 20.1 Å². The maximum atomic E-state index is 5.22. The first-order valence-electron chi connectivity index (χ1n) is 2.54. The van der Waals surface area contributed by atoms with Crippen LogP contribution in [0.5, 0.6) is 0 Å². The Morgan fingerprint density at radius 1 is 0.833 bits per heavy atom. The van der Waals surface area contributed by atoms with E-state index in [1.54, 1.807) is 0 Å². The number of rotatable bonds is 2.